The van der Waals surface area contributed by atoms with E-state index >= 15 is 0 Å². The van der Waals surface area contributed by atoms with Gasteiger partial charge in [0, 0.05) is 16.5 Å². The molecule has 3 fully saturated rings. The van der Waals surface area contributed by atoms with E-state index in [-0.39, 0.29) is 11.8 Å². The third-order valence-electron chi connectivity index (χ3n) is 11.2. The molecule has 4 nitrogen and oxygen atoms in total. The summed E-state index contributed by atoms with van der Waals surface area (Å²) in [5.41, 5.74) is 7.81. The molecule has 220 valence electrons. The predicted molar refractivity (Wildman–Crippen MR) is 181 cm³/mol. The van der Waals surface area contributed by atoms with Gasteiger partial charge in [0.15, 0.2) is 0 Å². The Labute approximate surface area is 262 Å². The summed E-state index contributed by atoms with van der Waals surface area (Å²) < 4.78 is 2.34. The van der Waals surface area contributed by atoms with Gasteiger partial charge in [-0.25, -0.2) is 4.90 Å². The minimum absolute atomic E-state index is 0.0449. The lowest BCUT2D eigenvalue weighted by Gasteiger charge is -2.39. The van der Waals surface area contributed by atoms with E-state index in [1.807, 2.05) is 18.2 Å². The number of hydrogen-bond acceptors (Lipinski definition) is 2. The molecule has 4 heteroatoms. The second kappa shape index (κ2) is 9.77. The fourth-order valence-corrected chi connectivity index (χ4v) is 9.01. The predicted octanol–water partition coefficient (Wildman–Crippen LogP) is 9.72. The van der Waals surface area contributed by atoms with Crippen molar-refractivity contribution in [3.8, 4) is 27.9 Å². The molecule has 2 saturated carbocycles. The molecular weight excluding hydrogens is 552 g/mol. The fraction of sp³-hybridized carbons (Fsp3) is 0.220. The molecular formula is C41H34N2O2. The molecule has 0 spiro atoms. The summed E-state index contributed by atoms with van der Waals surface area (Å²) in [6.07, 6.45) is 6.51. The molecule has 1 aromatic heterocycles. The van der Waals surface area contributed by atoms with Crippen LogP contribution in [0.3, 0.4) is 0 Å². The van der Waals surface area contributed by atoms with Crippen molar-refractivity contribution in [3.05, 3.63) is 121 Å². The summed E-state index contributed by atoms with van der Waals surface area (Å²) >= 11 is 0. The van der Waals surface area contributed by atoms with Crippen LogP contribution in [0.1, 0.15) is 44.9 Å². The van der Waals surface area contributed by atoms with Crippen LogP contribution in [0.4, 0.5) is 5.69 Å². The molecule has 2 atom stereocenters. The summed E-state index contributed by atoms with van der Waals surface area (Å²) in [6, 6.07) is 42.5. The van der Waals surface area contributed by atoms with E-state index in [1.165, 1.54) is 32.3 Å². The molecule has 2 heterocycles. The number of fused-ring (bicyclic) bond motifs is 3. The number of benzene rings is 5. The quantitative estimate of drug-likeness (QED) is 0.193. The van der Waals surface area contributed by atoms with Gasteiger partial charge < -0.3 is 4.57 Å². The number of para-hydroxylation sites is 1. The van der Waals surface area contributed by atoms with Crippen LogP contribution < -0.4 is 4.90 Å². The topological polar surface area (TPSA) is 42.3 Å². The Morgan fingerprint density at radius 3 is 1.64 bits per heavy atom. The van der Waals surface area contributed by atoms with E-state index in [4.69, 9.17) is 0 Å². The summed E-state index contributed by atoms with van der Waals surface area (Å²) in [4.78, 5) is 29.3. The molecule has 2 amide bonds. The van der Waals surface area contributed by atoms with Gasteiger partial charge in [0.1, 0.15) is 0 Å². The first-order valence-corrected chi connectivity index (χ1v) is 16.3. The first-order chi connectivity index (χ1) is 22.1. The Hall–Kier alpha value is -4.96. The van der Waals surface area contributed by atoms with Crippen LogP contribution >= 0.6 is 0 Å². The molecule has 1 aliphatic heterocycles. The minimum atomic E-state index is -0.470. The first-order valence-electron chi connectivity index (χ1n) is 16.3. The number of hydrogen-bond donors (Lipinski definition) is 0. The lowest BCUT2D eigenvalue weighted by molar-refractivity contribution is -0.135. The Morgan fingerprint density at radius 1 is 0.444 bits per heavy atom. The number of carbonyl (C=O) groups is 2. The van der Waals surface area contributed by atoms with Gasteiger partial charge in [0.05, 0.1) is 27.6 Å². The molecule has 6 aromatic rings. The molecule has 45 heavy (non-hydrogen) atoms. The molecule has 0 bridgehead atoms. The maximum atomic E-state index is 13.9. The number of imide groups is 1. The van der Waals surface area contributed by atoms with Crippen molar-refractivity contribution in [2.75, 3.05) is 4.90 Å². The lowest BCUT2D eigenvalue weighted by Crippen LogP contribution is -2.42. The Morgan fingerprint density at radius 2 is 0.956 bits per heavy atom. The molecule has 1 saturated heterocycles. The third-order valence-corrected chi connectivity index (χ3v) is 11.2. The van der Waals surface area contributed by atoms with E-state index in [0.717, 1.165) is 67.3 Å². The Kier molecular flexibility index (Phi) is 5.74. The SMILES string of the molecule is O=C1N(c2ccc(-c3ccc4c(c3)c3ccccc3n4-c3ccc(-c4ccccc4)cc3)cc2)C(=O)C23CCCCC12CCC3. The Balaban J connectivity index is 1.08. The molecule has 0 N–H and O–H groups in total. The summed E-state index contributed by atoms with van der Waals surface area (Å²) in [6.45, 7) is 0. The van der Waals surface area contributed by atoms with Gasteiger partial charge in [0.2, 0.25) is 11.8 Å². The number of anilines is 1. The standard InChI is InChI=1S/C41H34N2O2/c44-38-40-23-6-7-24-41(40,26-8-25-40)39(45)43(38)33-20-15-30(16-21-33)31-17-22-37-35(27-31)34-11-4-5-12-36(34)42(37)32-18-13-29(14-19-32)28-9-2-1-3-10-28/h1-5,9-22,27H,6-8,23-26H2. The molecule has 3 aliphatic rings. The zero-order valence-electron chi connectivity index (χ0n) is 25.2. The fourth-order valence-electron chi connectivity index (χ4n) is 9.01. The average Bonchev–Trinajstić information content (AvgIpc) is 3.72. The molecule has 2 aliphatic carbocycles. The van der Waals surface area contributed by atoms with Gasteiger partial charge in [-0.15, -0.1) is 0 Å². The normalized spacial score (nSPS) is 22.7. The number of nitrogens with zero attached hydrogens (tertiary/aromatic N) is 2. The van der Waals surface area contributed by atoms with Crippen molar-refractivity contribution >= 4 is 39.3 Å². The zero-order valence-corrected chi connectivity index (χ0v) is 25.2. The van der Waals surface area contributed by atoms with Gasteiger partial charge >= 0.3 is 0 Å². The molecule has 0 radical (unpaired) electrons. The van der Waals surface area contributed by atoms with Crippen LogP contribution in [0.15, 0.2) is 121 Å². The smallest absolute Gasteiger partial charge is 0.241 e. The van der Waals surface area contributed by atoms with Crippen molar-refractivity contribution in [3.63, 3.8) is 0 Å². The molecule has 9 rings (SSSR count). The van der Waals surface area contributed by atoms with Gasteiger partial charge in [-0.1, -0.05) is 98.1 Å². The molecule has 2 unspecified atom stereocenters. The van der Waals surface area contributed by atoms with Crippen LogP contribution in [-0.2, 0) is 9.59 Å². The minimum Gasteiger partial charge on any atom is -0.309 e. The van der Waals surface area contributed by atoms with Crippen LogP contribution in [0.5, 0.6) is 0 Å². The van der Waals surface area contributed by atoms with Crippen molar-refractivity contribution < 1.29 is 9.59 Å². The number of amides is 2. The van der Waals surface area contributed by atoms with E-state index in [9.17, 15) is 9.59 Å². The molecule has 5 aromatic carbocycles. The van der Waals surface area contributed by atoms with Gasteiger partial charge in [-0.2, -0.15) is 0 Å². The van der Waals surface area contributed by atoms with Crippen LogP contribution in [0.2, 0.25) is 0 Å². The lowest BCUT2D eigenvalue weighted by atomic mass is 9.59. The van der Waals surface area contributed by atoms with Gasteiger partial charge in [-0.05, 0) is 90.4 Å². The van der Waals surface area contributed by atoms with Crippen molar-refractivity contribution in [2.45, 2.75) is 44.9 Å². The highest BCUT2D eigenvalue weighted by Crippen LogP contribution is 2.66. The van der Waals surface area contributed by atoms with Crippen molar-refractivity contribution in [1.82, 2.24) is 4.57 Å². The highest BCUT2D eigenvalue weighted by molar-refractivity contribution is 6.25. The second-order valence-electron chi connectivity index (χ2n) is 13.2. The van der Waals surface area contributed by atoms with E-state index in [0.29, 0.717) is 5.69 Å². The highest BCUT2D eigenvalue weighted by Gasteiger charge is 2.71. The third kappa shape index (κ3) is 3.66. The van der Waals surface area contributed by atoms with Gasteiger partial charge in [-0.3, -0.25) is 9.59 Å². The van der Waals surface area contributed by atoms with Crippen molar-refractivity contribution in [2.24, 2.45) is 10.8 Å². The largest absolute Gasteiger partial charge is 0.309 e. The van der Waals surface area contributed by atoms with Crippen LogP contribution in [-0.4, -0.2) is 16.4 Å². The number of rotatable bonds is 4. The zero-order chi connectivity index (χ0) is 30.2. The average molecular weight is 587 g/mol. The maximum Gasteiger partial charge on any atom is 0.241 e. The van der Waals surface area contributed by atoms with Crippen LogP contribution in [0, 0.1) is 10.8 Å². The first kappa shape index (κ1) is 26.4. The second-order valence-corrected chi connectivity index (χ2v) is 13.2. The Bertz CT molecular complexity index is 2100. The number of carbonyl (C=O) groups excluding carboxylic acids is 2. The highest BCUT2D eigenvalue weighted by atomic mass is 16.2. The van der Waals surface area contributed by atoms with E-state index in [1.54, 1.807) is 0 Å². The van der Waals surface area contributed by atoms with Crippen molar-refractivity contribution in [1.29, 1.82) is 0 Å². The van der Waals surface area contributed by atoms with Gasteiger partial charge in [0.25, 0.3) is 0 Å². The van der Waals surface area contributed by atoms with E-state index in [2.05, 4.69) is 108 Å². The summed E-state index contributed by atoms with van der Waals surface area (Å²) in [5.74, 6) is 0.0898. The number of aromatic nitrogens is 1. The monoisotopic (exact) mass is 586 g/mol. The summed E-state index contributed by atoms with van der Waals surface area (Å²) in [7, 11) is 0. The van der Waals surface area contributed by atoms with E-state index < -0.39 is 10.8 Å². The maximum absolute atomic E-state index is 13.9. The van der Waals surface area contributed by atoms with Crippen LogP contribution in [0.25, 0.3) is 49.7 Å². The summed E-state index contributed by atoms with van der Waals surface area (Å²) in [5, 5.41) is 2.40.